The minimum Gasteiger partial charge on any atom is -0.317 e. The molecule has 2 nitrogen and oxygen atoms in total. The van der Waals surface area contributed by atoms with Crippen LogP contribution in [0.25, 0.3) is 0 Å². The zero-order chi connectivity index (χ0) is 22.9. The summed E-state index contributed by atoms with van der Waals surface area (Å²) in [4.78, 5) is 5.17. The molecule has 0 aromatic rings. The van der Waals surface area contributed by atoms with Gasteiger partial charge in [-0.2, -0.15) is 0 Å². The lowest BCUT2D eigenvalue weighted by Crippen LogP contribution is -2.50. The normalized spacial score (nSPS) is 40.3. The molecule has 0 aromatic heterocycles. The lowest BCUT2D eigenvalue weighted by atomic mass is 9.46. The molecule has 0 amide bonds. The van der Waals surface area contributed by atoms with E-state index in [1.165, 1.54) is 88.3 Å². The van der Waals surface area contributed by atoms with Gasteiger partial charge < -0.3 is 5.32 Å². The summed E-state index contributed by atoms with van der Waals surface area (Å²) in [6.45, 7) is 15.2. The molecular formula is C30H50N2. The summed E-state index contributed by atoms with van der Waals surface area (Å²) in [6, 6.07) is 0.669. The molecule has 0 spiro atoms. The highest BCUT2D eigenvalue weighted by molar-refractivity contribution is 5.85. The lowest BCUT2D eigenvalue weighted by Gasteiger charge is -2.58. The van der Waals surface area contributed by atoms with E-state index in [2.05, 4.69) is 52.7 Å². The van der Waals surface area contributed by atoms with Crippen LogP contribution in [0.15, 0.2) is 28.8 Å². The number of allylic oxidation sites excluding steroid dienone is 3. The summed E-state index contributed by atoms with van der Waals surface area (Å²) in [5, 5.41) is 3.48. The average Bonchev–Trinajstić information content (AvgIpc) is 3.13. The molecule has 2 heteroatoms. The number of hydrogen-bond donors (Lipinski definition) is 1. The number of nitrogens with zero attached hydrogens (tertiary/aromatic N) is 1. The van der Waals surface area contributed by atoms with Crippen molar-refractivity contribution in [1.29, 1.82) is 0 Å². The highest BCUT2D eigenvalue weighted by Crippen LogP contribution is 2.67. The standard InChI is InChI=1S/C30H50N2/c1-7-9-24(31-6)10-8-19-32-22(3)26-13-14-27-25-12-11-23-20-21(2)15-17-29(23,4)28(25)16-18-30(26,27)5/h20,24-28,31H,2,7-19H2,1,3-6H3. The quantitative estimate of drug-likeness (QED) is 0.304. The minimum atomic E-state index is 0.453. The highest BCUT2D eigenvalue weighted by atomic mass is 14.9. The zero-order valence-electron chi connectivity index (χ0n) is 21.8. The number of aliphatic imine (C=N–C) groups is 1. The molecule has 4 aliphatic rings. The first-order valence-electron chi connectivity index (χ1n) is 13.9. The van der Waals surface area contributed by atoms with Crippen LogP contribution >= 0.6 is 0 Å². The Bertz CT molecular complexity index is 748. The average molecular weight is 439 g/mol. The van der Waals surface area contributed by atoms with Crippen LogP contribution in [0.4, 0.5) is 0 Å². The molecule has 4 rings (SSSR count). The van der Waals surface area contributed by atoms with Crippen LogP contribution in [-0.2, 0) is 0 Å². The summed E-state index contributed by atoms with van der Waals surface area (Å²) < 4.78 is 0. The maximum Gasteiger partial charge on any atom is 0.0389 e. The largest absolute Gasteiger partial charge is 0.317 e. The van der Waals surface area contributed by atoms with Gasteiger partial charge in [-0.3, -0.25) is 4.99 Å². The summed E-state index contributed by atoms with van der Waals surface area (Å²) >= 11 is 0. The van der Waals surface area contributed by atoms with Gasteiger partial charge in [0.25, 0.3) is 0 Å². The van der Waals surface area contributed by atoms with E-state index in [1.54, 1.807) is 5.57 Å². The molecule has 0 saturated heterocycles. The first kappa shape index (κ1) is 24.2. The summed E-state index contributed by atoms with van der Waals surface area (Å²) in [5.74, 6) is 3.48. The van der Waals surface area contributed by atoms with Gasteiger partial charge in [0.1, 0.15) is 0 Å². The molecule has 0 radical (unpaired) electrons. The maximum atomic E-state index is 5.17. The molecule has 0 bridgehead atoms. The van der Waals surface area contributed by atoms with Gasteiger partial charge in [-0.25, -0.2) is 0 Å². The van der Waals surface area contributed by atoms with E-state index in [1.807, 2.05) is 0 Å². The van der Waals surface area contributed by atoms with E-state index < -0.39 is 0 Å². The SMILES string of the molecule is C=C1C=C2CCC3C(CCC4(C)C(C(C)=NCCCC(CCC)NC)CCC34)C2(C)CC1. The first-order valence-corrected chi connectivity index (χ1v) is 13.9. The predicted molar refractivity (Wildman–Crippen MR) is 139 cm³/mol. The number of fused-ring (bicyclic) bond motifs is 5. The first-order chi connectivity index (χ1) is 15.3. The van der Waals surface area contributed by atoms with E-state index in [4.69, 9.17) is 4.99 Å². The molecule has 1 N–H and O–H groups in total. The Morgan fingerprint density at radius 3 is 2.69 bits per heavy atom. The van der Waals surface area contributed by atoms with E-state index in [0.29, 0.717) is 16.9 Å². The van der Waals surface area contributed by atoms with Crippen LogP contribution in [0.1, 0.15) is 105 Å². The van der Waals surface area contributed by atoms with Crippen molar-refractivity contribution in [3.05, 3.63) is 23.8 Å². The molecule has 4 aliphatic carbocycles. The van der Waals surface area contributed by atoms with Gasteiger partial charge in [0.2, 0.25) is 0 Å². The molecule has 180 valence electrons. The molecule has 0 aromatic carbocycles. The van der Waals surface area contributed by atoms with Crippen LogP contribution in [0.3, 0.4) is 0 Å². The van der Waals surface area contributed by atoms with Crippen LogP contribution in [0.2, 0.25) is 0 Å². The minimum absolute atomic E-state index is 0.453. The number of hydrogen-bond acceptors (Lipinski definition) is 2. The summed E-state index contributed by atoms with van der Waals surface area (Å²) in [5.41, 5.74) is 5.53. The van der Waals surface area contributed by atoms with Gasteiger partial charge in [-0.1, -0.05) is 51.0 Å². The third-order valence-electron chi connectivity index (χ3n) is 10.7. The smallest absolute Gasteiger partial charge is 0.0389 e. The van der Waals surface area contributed by atoms with Crippen LogP contribution in [-0.4, -0.2) is 25.3 Å². The fraction of sp³-hybridized carbons (Fsp3) is 0.833. The van der Waals surface area contributed by atoms with Gasteiger partial charge in [0.05, 0.1) is 0 Å². The Balaban J connectivity index is 1.41. The fourth-order valence-corrected chi connectivity index (χ4v) is 8.82. The van der Waals surface area contributed by atoms with E-state index in [0.717, 1.165) is 30.2 Å². The van der Waals surface area contributed by atoms with Crippen molar-refractivity contribution in [2.45, 2.75) is 111 Å². The predicted octanol–water partition coefficient (Wildman–Crippen LogP) is 7.75. The monoisotopic (exact) mass is 438 g/mol. The van der Waals surface area contributed by atoms with Crippen molar-refractivity contribution < 1.29 is 0 Å². The number of rotatable bonds is 8. The summed E-state index contributed by atoms with van der Waals surface area (Å²) in [6.07, 6.45) is 18.5. The van der Waals surface area contributed by atoms with Crippen molar-refractivity contribution in [2.75, 3.05) is 13.6 Å². The van der Waals surface area contributed by atoms with E-state index in [-0.39, 0.29) is 0 Å². The zero-order valence-corrected chi connectivity index (χ0v) is 21.8. The Labute approximate surface area is 198 Å². The van der Waals surface area contributed by atoms with Gasteiger partial charge in [-0.15, -0.1) is 0 Å². The molecule has 3 fully saturated rings. The molecule has 0 aliphatic heterocycles. The van der Waals surface area contributed by atoms with Crippen LogP contribution in [0.5, 0.6) is 0 Å². The second-order valence-corrected chi connectivity index (χ2v) is 12.3. The van der Waals surface area contributed by atoms with Crippen molar-refractivity contribution in [1.82, 2.24) is 5.32 Å². The second kappa shape index (κ2) is 9.77. The van der Waals surface area contributed by atoms with E-state index in [9.17, 15) is 0 Å². The molecule has 7 atom stereocenters. The fourth-order valence-electron chi connectivity index (χ4n) is 8.82. The molecular weight excluding hydrogens is 388 g/mol. The van der Waals surface area contributed by atoms with E-state index >= 15 is 0 Å². The Hall–Kier alpha value is -0.890. The Morgan fingerprint density at radius 2 is 1.94 bits per heavy atom. The van der Waals surface area contributed by atoms with Gasteiger partial charge in [0, 0.05) is 24.2 Å². The molecule has 32 heavy (non-hydrogen) atoms. The second-order valence-electron chi connectivity index (χ2n) is 12.3. The van der Waals surface area contributed by atoms with Gasteiger partial charge in [0.15, 0.2) is 0 Å². The van der Waals surface area contributed by atoms with Crippen molar-refractivity contribution >= 4 is 5.71 Å². The topological polar surface area (TPSA) is 24.4 Å². The third-order valence-corrected chi connectivity index (χ3v) is 10.7. The highest BCUT2D eigenvalue weighted by Gasteiger charge is 2.59. The Kier molecular flexibility index (Phi) is 7.40. The van der Waals surface area contributed by atoms with Crippen LogP contribution < -0.4 is 5.32 Å². The summed E-state index contributed by atoms with van der Waals surface area (Å²) in [7, 11) is 2.11. The molecule has 3 saturated carbocycles. The van der Waals surface area contributed by atoms with Crippen LogP contribution in [0, 0.1) is 34.5 Å². The van der Waals surface area contributed by atoms with Gasteiger partial charge >= 0.3 is 0 Å². The van der Waals surface area contributed by atoms with Crippen molar-refractivity contribution in [3.63, 3.8) is 0 Å². The third kappa shape index (κ3) is 4.30. The molecule has 7 unspecified atom stereocenters. The number of nitrogens with one attached hydrogen (secondary N) is 1. The van der Waals surface area contributed by atoms with Gasteiger partial charge in [-0.05, 0) is 113 Å². The Morgan fingerprint density at radius 1 is 1.12 bits per heavy atom. The van der Waals surface area contributed by atoms with Crippen molar-refractivity contribution in [2.24, 2.45) is 39.5 Å². The van der Waals surface area contributed by atoms with Crippen molar-refractivity contribution in [3.8, 4) is 0 Å². The maximum absolute atomic E-state index is 5.17. The lowest BCUT2D eigenvalue weighted by molar-refractivity contribution is -0.0417. The molecule has 0 heterocycles.